The van der Waals surface area contributed by atoms with E-state index in [1.807, 2.05) is 0 Å². The van der Waals surface area contributed by atoms with Crippen LogP contribution in [-0.4, -0.2) is 59.9 Å². The summed E-state index contributed by atoms with van der Waals surface area (Å²) in [5.41, 5.74) is -1.85. The highest BCUT2D eigenvalue weighted by atomic mass is 19.1. The predicted octanol–water partition coefficient (Wildman–Crippen LogP) is 2.00. The van der Waals surface area contributed by atoms with Crippen LogP contribution in [0.4, 0.5) is 4.39 Å². The van der Waals surface area contributed by atoms with Crippen LogP contribution >= 0.6 is 0 Å². The number of carbonyl (C=O) groups excluding carboxylic acids is 3. The highest BCUT2D eigenvalue weighted by molar-refractivity contribution is 6.05. The van der Waals surface area contributed by atoms with Crippen LogP contribution in [0.5, 0.6) is 5.75 Å². The van der Waals surface area contributed by atoms with Gasteiger partial charge in [-0.1, -0.05) is 18.2 Å². The summed E-state index contributed by atoms with van der Waals surface area (Å²) in [6, 6.07) is 3.92. The van der Waals surface area contributed by atoms with Crippen LogP contribution in [0.2, 0.25) is 0 Å². The third-order valence-electron chi connectivity index (χ3n) is 5.31. The summed E-state index contributed by atoms with van der Waals surface area (Å²) in [5, 5.41) is 1.63. The molecule has 2 fully saturated rings. The summed E-state index contributed by atoms with van der Waals surface area (Å²) in [5.74, 6) is -6.09. The number of rotatable bonds is 6. The minimum atomic E-state index is -3.38. The van der Waals surface area contributed by atoms with Gasteiger partial charge in [-0.25, -0.2) is 4.39 Å². The highest BCUT2D eigenvalue weighted by Gasteiger charge is 2.40. The van der Waals surface area contributed by atoms with Crippen LogP contribution in [0.25, 0.3) is 0 Å². The van der Waals surface area contributed by atoms with Gasteiger partial charge in [-0.2, -0.15) is 0 Å². The van der Waals surface area contributed by atoms with E-state index in [-0.39, 0.29) is 36.8 Å². The Morgan fingerprint density at radius 3 is 2.82 bits per heavy atom. The van der Waals surface area contributed by atoms with Crippen LogP contribution in [-0.2, 0) is 33.9 Å². The van der Waals surface area contributed by atoms with Gasteiger partial charge in [-0.3, -0.25) is 24.6 Å². The molecular weight excluding hydrogens is 441 g/mol. The first-order chi connectivity index (χ1) is 20.3. The fraction of sp³-hybridized carbons (Fsp3) is 0.400. The second-order valence-corrected chi connectivity index (χ2v) is 7.57. The largest absolute Gasteiger partial charge is 0.488 e. The van der Waals surface area contributed by atoms with Crippen LogP contribution in [0.3, 0.4) is 0 Å². The van der Waals surface area contributed by atoms with Crippen LogP contribution in [0, 0.1) is 5.82 Å². The quantitative estimate of drug-likeness (QED) is 0.641. The Bertz CT molecular complexity index is 1550. The fourth-order valence-electron chi connectivity index (χ4n) is 3.62. The maximum atomic E-state index is 15.4. The molecule has 0 radical (unpaired) electrons. The third-order valence-corrected chi connectivity index (χ3v) is 5.31. The first kappa shape index (κ1) is 13.6. The topological polar surface area (TPSA) is 88.2 Å². The van der Waals surface area contributed by atoms with Crippen molar-refractivity contribution in [1.82, 2.24) is 15.1 Å². The minimum Gasteiger partial charge on any atom is -0.488 e. The molecule has 8 nitrogen and oxygen atoms in total. The van der Waals surface area contributed by atoms with Gasteiger partial charge in [0.05, 0.1) is 25.2 Å². The van der Waals surface area contributed by atoms with Gasteiger partial charge in [-0.05, 0) is 30.1 Å². The molecule has 1 unspecified atom stereocenters. The molecule has 3 aliphatic heterocycles. The van der Waals surface area contributed by atoms with E-state index in [0.29, 0.717) is 0 Å². The molecule has 2 aromatic carbocycles. The molecule has 178 valence electrons. The second kappa shape index (κ2) is 9.52. The molecule has 0 aliphatic carbocycles. The number of nitrogens with one attached hydrogen (secondary N) is 1. The normalized spacial score (nSPS) is 30.6. The van der Waals surface area contributed by atoms with Crippen molar-refractivity contribution < 1.29 is 42.0 Å². The van der Waals surface area contributed by atoms with Crippen LogP contribution in [0.1, 0.15) is 53.5 Å². The minimum absolute atomic E-state index is 0.0898. The summed E-state index contributed by atoms with van der Waals surface area (Å²) < 4.78 is 110. The van der Waals surface area contributed by atoms with E-state index in [9.17, 15) is 14.4 Å². The number of piperidine rings is 1. The Labute approximate surface area is 210 Å². The monoisotopic (exact) mass is 477 g/mol. The van der Waals surface area contributed by atoms with Gasteiger partial charge in [0.2, 0.25) is 11.8 Å². The molecule has 3 heterocycles. The molecule has 2 aromatic rings. The number of imide groups is 1. The summed E-state index contributed by atoms with van der Waals surface area (Å²) in [6.45, 7) is -7.14. The lowest BCUT2D eigenvalue weighted by molar-refractivity contribution is -0.136. The van der Waals surface area contributed by atoms with Crippen molar-refractivity contribution in [3.63, 3.8) is 0 Å². The number of carbonyl (C=O) groups is 3. The number of fused-ring (bicyclic) bond motifs is 1. The summed E-state index contributed by atoms with van der Waals surface area (Å²) in [4.78, 5) is 39.8. The number of morpholine rings is 1. The molecule has 2 saturated heterocycles. The summed E-state index contributed by atoms with van der Waals surface area (Å²) in [7, 11) is 0. The fourth-order valence-corrected chi connectivity index (χ4v) is 3.62. The average Bonchev–Trinajstić information content (AvgIpc) is 3.13. The van der Waals surface area contributed by atoms with Crippen LogP contribution < -0.4 is 10.1 Å². The number of ether oxygens (including phenoxy) is 2. The van der Waals surface area contributed by atoms with Gasteiger partial charge in [0, 0.05) is 50.9 Å². The number of halogens is 1. The smallest absolute Gasteiger partial charge is 0.255 e. The van der Waals surface area contributed by atoms with E-state index in [2.05, 4.69) is 0 Å². The molecule has 0 bridgehead atoms. The Balaban J connectivity index is 1.49. The summed E-state index contributed by atoms with van der Waals surface area (Å²) in [6.07, 6.45) is -6.72. The zero-order valence-electron chi connectivity index (χ0n) is 27.7. The zero-order valence-corrected chi connectivity index (χ0v) is 17.7. The van der Waals surface area contributed by atoms with Crippen LogP contribution in [0.15, 0.2) is 36.4 Å². The Morgan fingerprint density at radius 1 is 1.21 bits per heavy atom. The van der Waals surface area contributed by atoms with E-state index in [1.54, 1.807) is 5.32 Å². The van der Waals surface area contributed by atoms with E-state index >= 15 is 4.39 Å². The Hall–Kier alpha value is -3.30. The van der Waals surface area contributed by atoms with Gasteiger partial charge in [-0.15, -0.1) is 0 Å². The molecule has 3 aliphatic rings. The molecule has 0 aromatic heterocycles. The SMILES string of the molecule is [2H]C([2H])(Oc1cccc2c1C([2H])([2H])N(C1C(=O)NC(=O)C([2H])([2H])C1([2H])[2H])C2=O)c1ccc(C([2H])([2H])N2CCOCC2)cc1F. The van der Waals surface area contributed by atoms with Crippen molar-refractivity contribution in [1.29, 1.82) is 0 Å². The maximum Gasteiger partial charge on any atom is 0.255 e. The van der Waals surface area contributed by atoms with E-state index < -0.39 is 84.3 Å². The molecule has 1 atom stereocenters. The lowest BCUT2D eigenvalue weighted by atomic mass is 10.0. The molecule has 1 N–H and O–H groups in total. The first-order valence-electron chi connectivity index (χ1n) is 15.4. The van der Waals surface area contributed by atoms with Gasteiger partial charge >= 0.3 is 0 Å². The lowest BCUT2D eigenvalue weighted by Crippen LogP contribution is -2.52. The molecule has 0 spiro atoms. The Morgan fingerprint density at radius 2 is 2.03 bits per heavy atom. The number of hydrogen-bond acceptors (Lipinski definition) is 6. The zero-order chi connectivity index (χ0) is 32.6. The van der Waals surface area contributed by atoms with Gasteiger partial charge in [0.25, 0.3) is 5.91 Å². The summed E-state index contributed by atoms with van der Waals surface area (Å²) >= 11 is 0. The van der Waals surface area contributed by atoms with Crippen molar-refractivity contribution in [2.45, 2.75) is 38.3 Å². The molecule has 34 heavy (non-hydrogen) atoms. The van der Waals surface area contributed by atoms with Gasteiger partial charge in [0.1, 0.15) is 24.2 Å². The van der Waals surface area contributed by atoms with E-state index in [4.69, 9.17) is 23.2 Å². The van der Waals surface area contributed by atoms with Crippen molar-refractivity contribution in [2.75, 3.05) is 26.3 Å². The van der Waals surface area contributed by atoms with Gasteiger partial charge < -0.3 is 14.4 Å². The average molecular weight is 478 g/mol. The molecule has 3 amide bonds. The highest BCUT2D eigenvalue weighted by Crippen LogP contribution is 2.34. The van der Waals surface area contributed by atoms with E-state index in [1.165, 1.54) is 17.0 Å². The standard InChI is InChI=1S/C25H26FN3O5/c26-20-12-16(13-28-8-10-33-11-9-28)4-5-17(20)15-34-22-3-1-2-18-19(22)14-29(25(18)32)21-6-7-23(30)27-24(21)31/h1-5,12,21H,6-11,13-15H2,(H,27,30,31)/i6D2,7D2,13D2,14D2,15D2. The number of hydrogen-bond donors (Lipinski definition) is 1. The molecule has 0 saturated carbocycles. The lowest BCUT2D eigenvalue weighted by Gasteiger charge is -2.29. The number of benzene rings is 2. The molecule has 9 heteroatoms. The number of amides is 3. The molecular formula is C25H26FN3O5. The van der Waals surface area contributed by atoms with Crippen molar-refractivity contribution in [3.8, 4) is 5.75 Å². The maximum absolute atomic E-state index is 15.4. The van der Waals surface area contributed by atoms with Gasteiger partial charge in [0.15, 0.2) is 0 Å². The molecule has 5 rings (SSSR count). The number of nitrogens with zero attached hydrogens (tertiary/aromatic N) is 2. The third kappa shape index (κ3) is 4.53. The van der Waals surface area contributed by atoms with Crippen molar-refractivity contribution in [3.05, 3.63) is 64.5 Å². The van der Waals surface area contributed by atoms with E-state index in [0.717, 1.165) is 24.3 Å². The van der Waals surface area contributed by atoms with Crippen molar-refractivity contribution in [2.24, 2.45) is 0 Å². The predicted molar refractivity (Wildman–Crippen MR) is 119 cm³/mol. The first-order valence-corrected chi connectivity index (χ1v) is 10.4. The second-order valence-electron chi connectivity index (χ2n) is 7.57. The Kier molecular flexibility index (Phi) is 3.79. The van der Waals surface area contributed by atoms with Crippen molar-refractivity contribution >= 4 is 17.7 Å².